The fourth-order valence-corrected chi connectivity index (χ4v) is 9.74. The van der Waals surface area contributed by atoms with Crippen molar-refractivity contribution in [3.63, 3.8) is 0 Å². The van der Waals surface area contributed by atoms with Crippen LogP contribution in [0.2, 0.25) is 0 Å². The Kier molecular flexibility index (Phi) is 58.1. The van der Waals surface area contributed by atoms with Gasteiger partial charge in [0.25, 0.3) is 0 Å². The molecule has 0 fully saturated rings. The third kappa shape index (κ3) is 57.1. The second-order valence-electron chi connectivity index (χ2n) is 21.7. The summed E-state index contributed by atoms with van der Waals surface area (Å²) in [5, 5.41) is 0. The fraction of sp³-hybridized carbons (Fsp3) is 0.922. The molecular weight excluding hydrogens is 865 g/mol. The van der Waals surface area contributed by atoms with Gasteiger partial charge < -0.3 is 14.2 Å². The van der Waals surface area contributed by atoms with E-state index in [0.29, 0.717) is 19.3 Å². The van der Waals surface area contributed by atoms with Crippen molar-refractivity contribution < 1.29 is 28.6 Å². The molecule has 0 aliphatic rings. The molecule has 0 heterocycles. The Morgan fingerprint density at radius 3 is 0.714 bits per heavy atom. The zero-order valence-corrected chi connectivity index (χ0v) is 47.6. The van der Waals surface area contributed by atoms with Gasteiger partial charge in [0, 0.05) is 19.3 Å². The van der Waals surface area contributed by atoms with E-state index < -0.39 is 6.10 Å². The molecule has 0 rings (SSSR count). The second kappa shape index (κ2) is 59.7. The summed E-state index contributed by atoms with van der Waals surface area (Å²) in [7, 11) is 0. The van der Waals surface area contributed by atoms with E-state index in [0.717, 1.165) is 64.2 Å². The first kappa shape index (κ1) is 68.2. The van der Waals surface area contributed by atoms with Crippen LogP contribution in [0.5, 0.6) is 0 Å². The van der Waals surface area contributed by atoms with Gasteiger partial charge in [0.1, 0.15) is 13.2 Å². The van der Waals surface area contributed by atoms with Crippen molar-refractivity contribution in [3.05, 3.63) is 12.2 Å². The number of esters is 3. The molecule has 6 nitrogen and oxygen atoms in total. The number of rotatable bonds is 59. The van der Waals surface area contributed by atoms with Gasteiger partial charge in [-0.2, -0.15) is 0 Å². The molecule has 0 saturated carbocycles. The van der Waals surface area contributed by atoms with Gasteiger partial charge in [-0.15, -0.1) is 0 Å². The van der Waals surface area contributed by atoms with E-state index in [4.69, 9.17) is 14.2 Å². The molecule has 1 atom stereocenters. The summed E-state index contributed by atoms with van der Waals surface area (Å²) in [6.45, 7) is 6.60. The minimum atomic E-state index is -0.760. The van der Waals surface area contributed by atoms with Crippen molar-refractivity contribution in [2.24, 2.45) is 0 Å². The number of unbranched alkanes of at least 4 members (excludes halogenated alkanes) is 46. The molecule has 70 heavy (non-hydrogen) atoms. The highest BCUT2D eigenvalue weighted by atomic mass is 16.6. The molecule has 0 aromatic carbocycles. The third-order valence-corrected chi connectivity index (χ3v) is 14.5. The highest BCUT2D eigenvalue weighted by Crippen LogP contribution is 2.18. The van der Waals surface area contributed by atoms with Crippen molar-refractivity contribution in [3.8, 4) is 0 Å². The van der Waals surface area contributed by atoms with Crippen molar-refractivity contribution in [1.82, 2.24) is 0 Å². The van der Waals surface area contributed by atoms with Crippen LogP contribution in [0.25, 0.3) is 0 Å². The van der Waals surface area contributed by atoms with Crippen LogP contribution in [0, 0.1) is 0 Å². The van der Waals surface area contributed by atoms with Crippen LogP contribution in [0.4, 0.5) is 0 Å². The summed E-state index contributed by atoms with van der Waals surface area (Å²) < 4.78 is 16.7. The maximum absolute atomic E-state index is 12.7. The summed E-state index contributed by atoms with van der Waals surface area (Å²) in [6.07, 6.45) is 70.2. The van der Waals surface area contributed by atoms with E-state index in [-0.39, 0.29) is 31.1 Å². The quantitative estimate of drug-likeness (QED) is 0.0261. The molecule has 0 bridgehead atoms. The number of hydrogen-bond acceptors (Lipinski definition) is 6. The van der Waals surface area contributed by atoms with Crippen molar-refractivity contribution >= 4 is 17.9 Å². The van der Waals surface area contributed by atoms with Gasteiger partial charge in [-0.1, -0.05) is 309 Å². The number of hydrogen-bond donors (Lipinski definition) is 0. The Hall–Kier alpha value is -1.85. The summed E-state index contributed by atoms with van der Waals surface area (Å²) >= 11 is 0. The molecule has 0 saturated heterocycles. The average Bonchev–Trinajstić information content (AvgIpc) is 3.36. The molecule has 0 aliphatic heterocycles. The monoisotopic (exact) mass is 987 g/mol. The Balaban J connectivity index is 3.78. The van der Waals surface area contributed by atoms with E-state index in [1.807, 2.05) is 0 Å². The van der Waals surface area contributed by atoms with Crippen LogP contribution in [-0.2, 0) is 28.6 Å². The van der Waals surface area contributed by atoms with Gasteiger partial charge in [0.05, 0.1) is 0 Å². The molecule has 0 radical (unpaired) electrons. The Bertz CT molecular complexity index is 1090. The number of carbonyl (C=O) groups excluding carboxylic acids is 3. The van der Waals surface area contributed by atoms with Crippen molar-refractivity contribution in [2.75, 3.05) is 13.2 Å². The molecular formula is C64H122O6. The van der Waals surface area contributed by atoms with Gasteiger partial charge in [-0.3, -0.25) is 14.4 Å². The van der Waals surface area contributed by atoms with Crippen LogP contribution >= 0.6 is 0 Å². The van der Waals surface area contributed by atoms with Crippen LogP contribution in [-0.4, -0.2) is 37.2 Å². The van der Waals surface area contributed by atoms with E-state index in [1.165, 1.54) is 257 Å². The minimum Gasteiger partial charge on any atom is -0.462 e. The van der Waals surface area contributed by atoms with Gasteiger partial charge >= 0.3 is 17.9 Å². The normalized spacial score (nSPS) is 12.0. The maximum atomic E-state index is 12.7. The Morgan fingerprint density at radius 2 is 0.471 bits per heavy atom. The van der Waals surface area contributed by atoms with Crippen LogP contribution in [0.15, 0.2) is 12.2 Å². The summed E-state index contributed by atoms with van der Waals surface area (Å²) in [5.74, 6) is -0.858. The molecule has 0 N–H and O–H groups in total. The lowest BCUT2D eigenvalue weighted by atomic mass is 10.0. The largest absolute Gasteiger partial charge is 0.462 e. The lowest BCUT2D eigenvalue weighted by Gasteiger charge is -2.18. The first-order valence-corrected chi connectivity index (χ1v) is 31.7. The van der Waals surface area contributed by atoms with Gasteiger partial charge in [-0.25, -0.2) is 0 Å². The average molecular weight is 988 g/mol. The minimum absolute atomic E-state index is 0.0642. The van der Waals surface area contributed by atoms with E-state index in [9.17, 15) is 14.4 Å². The van der Waals surface area contributed by atoms with Crippen LogP contribution in [0.3, 0.4) is 0 Å². The molecule has 1 unspecified atom stereocenters. The van der Waals surface area contributed by atoms with Crippen molar-refractivity contribution in [2.45, 2.75) is 367 Å². The first-order valence-electron chi connectivity index (χ1n) is 31.7. The Labute approximate surface area is 437 Å². The highest BCUT2D eigenvalue weighted by molar-refractivity contribution is 5.71. The highest BCUT2D eigenvalue weighted by Gasteiger charge is 2.19. The molecule has 0 aliphatic carbocycles. The predicted octanol–water partition coefficient (Wildman–Crippen LogP) is 21.3. The standard InChI is InChI=1S/C64H122O6/c1-4-7-10-13-15-17-19-21-22-23-24-25-26-27-28-29-30-31-32-33-34-35-36-37-38-39-40-41-42-43-45-46-48-51-54-57-63(66)69-60-61(59-68-62(65)56-53-50-12-9-6-3)70-64(67)58-55-52-49-47-44-20-18-16-14-11-8-5-2/h23-24,61H,4-22,25-60H2,1-3H3/b24-23-. The SMILES string of the molecule is CCCCCCCCCC/C=C\CCCCCCCCCCCCCCCCCCCCCCCCCC(=O)OCC(COC(=O)CCCCCCC)OC(=O)CCCCCCCCCCCCCC. The topological polar surface area (TPSA) is 78.9 Å². The molecule has 6 heteroatoms. The van der Waals surface area contributed by atoms with E-state index >= 15 is 0 Å². The van der Waals surface area contributed by atoms with Gasteiger partial charge in [0.15, 0.2) is 6.10 Å². The second-order valence-corrected chi connectivity index (χ2v) is 21.7. The third-order valence-electron chi connectivity index (χ3n) is 14.5. The predicted molar refractivity (Wildman–Crippen MR) is 303 cm³/mol. The molecule has 0 spiro atoms. The lowest BCUT2D eigenvalue weighted by molar-refractivity contribution is -0.167. The smallest absolute Gasteiger partial charge is 0.306 e. The first-order chi connectivity index (χ1) is 34.5. The summed E-state index contributed by atoms with van der Waals surface area (Å²) in [4.78, 5) is 37.7. The van der Waals surface area contributed by atoms with Crippen LogP contribution < -0.4 is 0 Å². The summed E-state index contributed by atoms with van der Waals surface area (Å²) in [6, 6.07) is 0. The zero-order chi connectivity index (χ0) is 50.7. The number of carbonyl (C=O) groups is 3. The zero-order valence-electron chi connectivity index (χ0n) is 47.6. The van der Waals surface area contributed by atoms with E-state index in [1.54, 1.807) is 0 Å². The molecule has 0 aromatic rings. The lowest BCUT2D eigenvalue weighted by Crippen LogP contribution is -2.30. The Morgan fingerprint density at radius 1 is 0.271 bits per heavy atom. The summed E-state index contributed by atoms with van der Waals surface area (Å²) in [5.41, 5.74) is 0. The van der Waals surface area contributed by atoms with E-state index in [2.05, 4.69) is 32.9 Å². The fourth-order valence-electron chi connectivity index (χ4n) is 9.74. The molecule has 0 aromatic heterocycles. The maximum Gasteiger partial charge on any atom is 0.306 e. The van der Waals surface area contributed by atoms with Gasteiger partial charge in [-0.05, 0) is 44.9 Å². The number of allylic oxidation sites excluding steroid dienone is 2. The molecule has 414 valence electrons. The van der Waals surface area contributed by atoms with Crippen molar-refractivity contribution in [1.29, 1.82) is 0 Å². The number of ether oxygens (including phenoxy) is 3. The van der Waals surface area contributed by atoms with Crippen LogP contribution in [0.1, 0.15) is 361 Å². The molecule has 0 amide bonds. The van der Waals surface area contributed by atoms with Gasteiger partial charge in [0.2, 0.25) is 0 Å².